The minimum absolute atomic E-state index is 0.0816. The van der Waals surface area contributed by atoms with Crippen molar-refractivity contribution in [2.24, 2.45) is 0 Å². The number of hydrogen-bond acceptors (Lipinski definition) is 5. The summed E-state index contributed by atoms with van der Waals surface area (Å²) in [4.78, 5) is 26.1. The van der Waals surface area contributed by atoms with Crippen LogP contribution in [0.15, 0.2) is 12.2 Å². The second-order valence-corrected chi connectivity index (χ2v) is 18.3. The van der Waals surface area contributed by atoms with E-state index in [-0.39, 0.29) is 24.9 Å². The van der Waals surface area contributed by atoms with Gasteiger partial charge in [0.1, 0.15) is 6.10 Å². The molecule has 0 aliphatic carbocycles. The maximum atomic E-state index is 13.2. The van der Waals surface area contributed by atoms with Crippen LogP contribution in [0.4, 0.5) is 0 Å². The molecule has 0 aliphatic rings. The monoisotopic (exact) mass is 834 g/mol. The second-order valence-electron chi connectivity index (χ2n) is 18.3. The largest absolute Gasteiger partial charge is 0.462 e. The van der Waals surface area contributed by atoms with Gasteiger partial charge in [-0.05, 0) is 51.4 Å². The Balaban J connectivity index is 4.54. The molecule has 6 nitrogen and oxygen atoms in total. The van der Waals surface area contributed by atoms with E-state index in [9.17, 15) is 19.8 Å². The van der Waals surface area contributed by atoms with Crippen LogP contribution in [-0.4, -0.2) is 46.9 Å². The Labute approximate surface area is 368 Å². The number of carbonyl (C=O) groups is 2. The molecule has 3 unspecified atom stereocenters. The molecule has 0 saturated carbocycles. The summed E-state index contributed by atoms with van der Waals surface area (Å²) >= 11 is 0. The van der Waals surface area contributed by atoms with Crippen LogP contribution < -0.4 is 5.32 Å². The maximum Gasteiger partial charge on any atom is 0.306 e. The lowest BCUT2D eigenvalue weighted by Crippen LogP contribution is -2.46. The van der Waals surface area contributed by atoms with Gasteiger partial charge in [-0.1, -0.05) is 238 Å². The highest BCUT2D eigenvalue weighted by Crippen LogP contribution is 2.18. The highest BCUT2D eigenvalue weighted by molar-refractivity contribution is 5.77. The van der Waals surface area contributed by atoms with Gasteiger partial charge in [0.15, 0.2) is 0 Å². The molecular weight excluding hydrogens is 731 g/mol. The molecule has 0 aliphatic heterocycles. The van der Waals surface area contributed by atoms with E-state index < -0.39 is 18.2 Å². The van der Waals surface area contributed by atoms with Gasteiger partial charge in [0.05, 0.1) is 25.2 Å². The van der Waals surface area contributed by atoms with Crippen molar-refractivity contribution in [1.82, 2.24) is 5.32 Å². The van der Waals surface area contributed by atoms with Crippen molar-refractivity contribution in [1.29, 1.82) is 0 Å². The Hall–Kier alpha value is -1.40. The van der Waals surface area contributed by atoms with Gasteiger partial charge in [-0.3, -0.25) is 9.59 Å². The van der Waals surface area contributed by atoms with Crippen LogP contribution in [0.2, 0.25) is 0 Å². The first kappa shape index (κ1) is 57.6. The third kappa shape index (κ3) is 43.1. The fourth-order valence-corrected chi connectivity index (χ4v) is 8.31. The average molecular weight is 834 g/mol. The van der Waals surface area contributed by atoms with E-state index >= 15 is 0 Å². The number of aliphatic hydroxyl groups is 2. The van der Waals surface area contributed by atoms with E-state index in [0.717, 1.165) is 51.4 Å². The second kappa shape index (κ2) is 47.6. The molecule has 3 N–H and O–H groups in total. The standard InChI is InChI=1S/C53H103NO5/c1-4-7-10-13-16-19-22-24-25-26-27-28-30-32-35-38-41-44-49(59-53(58)46-43-40-37-34-31-23-20-17-14-11-8-5-2)47-52(57)54-50(48-55)51(56)45-42-39-36-33-29-21-18-15-12-9-6-3/h24-25,49-51,55-56H,4-23,26-48H2,1-3H3,(H,54,57)/b25-24+. The summed E-state index contributed by atoms with van der Waals surface area (Å²) < 4.78 is 5.94. The maximum absolute atomic E-state index is 13.2. The topological polar surface area (TPSA) is 95.9 Å². The molecule has 0 rings (SSSR count). The van der Waals surface area contributed by atoms with Crippen LogP contribution in [0, 0.1) is 0 Å². The van der Waals surface area contributed by atoms with E-state index in [4.69, 9.17) is 4.74 Å². The predicted molar refractivity (Wildman–Crippen MR) is 255 cm³/mol. The number of allylic oxidation sites excluding steroid dienone is 2. The van der Waals surface area contributed by atoms with Crippen molar-refractivity contribution >= 4 is 11.9 Å². The minimum Gasteiger partial charge on any atom is -0.462 e. The minimum atomic E-state index is -0.782. The smallest absolute Gasteiger partial charge is 0.306 e. The normalized spacial score (nSPS) is 13.2. The third-order valence-corrected chi connectivity index (χ3v) is 12.3. The van der Waals surface area contributed by atoms with Crippen LogP contribution in [0.3, 0.4) is 0 Å². The zero-order chi connectivity index (χ0) is 43.1. The molecule has 0 saturated heterocycles. The summed E-state index contributed by atoms with van der Waals surface area (Å²) in [5.41, 5.74) is 0. The molecule has 0 heterocycles. The van der Waals surface area contributed by atoms with Crippen molar-refractivity contribution in [3.05, 3.63) is 12.2 Å². The van der Waals surface area contributed by atoms with Crippen LogP contribution in [-0.2, 0) is 14.3 Å². The lowest BCUT2D eigenvalue weighted by Gasteiger charge is -2.24. The fraction of sp³-hybridized carbons (Fsp3) is 0.925. The summed E-state index contributed by atoms with van der Waals surface area (Å²) in [6, 6.07) is -0.696. The van der Waals surface area contributed by atoms with Gasteiger partial charge in [-0.2, -0.15) is 0 Å². The van der Waals surface area contributed by atoms with Crippen molar-refractivity contribution < 1.29 is 24.5 Å². The molecule has 0 aromatic rings. The van der Waals surface area contributed by atoms with Gasteiger partial charge in [0.2, 0.25) is 5.91 Å². The molecule has 0 radical (unpaired) electrons. The van der Waals surface area contributed by atoms with Gasteiger partial charge < -0.3 is 20.3 Å². The molecule has 3 atom stereocenters. The molecular formula is C53H103NO5. The number of ether oxygens (including phenoxy) is 1. The summed E-state index contributed by atoms with van der Waals surface area (Å²) in [5.74, 6) is -0.461. The summed E-state index contributed by atoms with van der Waals surface area (Å²) in [7, 11) is 0. The van der Waals surface area contributed by atoms with E-state index in [0.29, 0.717) is 19.3 Å². The van der Waals surface area contributed by atoms with Crippen molar-refractivity contribution in [3.8, 4) is 0 Å². The number of unbranched alkanes of at least 4 members (excludes halogenated alkanes) is 34. The number of rotatable bonds is 48. The van der Waals surface area contributed by atoms with Crippen LogP contribution in [0.1, 0.15) is 290 Å². The highest BCUT2D eigenvalue weighted by atomic mass is 16.5. The zero-order valence-corrected chi connectivity index (χ0v) is 39.9. The van der Waals surface area contributed by atoms with E-state index in [1.54, 1.807) is 0 Å². The summed E-state index contributed by atoms with van der Waals surface area (Å²) in [6.45, 7) is 6.49. The van der Waals surface area contributed by atoms with Crippen molar-refractivity contribution in [2.45, 2.75) is 309 Å². The van der Waals surface area contributed by atoms with E-state index in [2.05, 4.69) is 38.2 Å². The molecule has 0 aromatic heterocycles. The molecule has 350 valence electrons. The Kier molecular flexibility index (Phi) is 46.5. The zero-order valence-electron chi connectivity index (χ0n) is 39.9. The van der Waals surface area contributed by atoms with Gasteiger partial charge in [0.25, 0.3) is 0 Å². The summed E-state index contributed by atoms with van der Waals surface area (Å²) in [6.07, 6.45) is 52.7. The van der Waals surface area contributed by atoms with Crippen LogP contribution in [0.25, 0.3) is 0 Å². The van der Waals surface area contributed by atoms with E-state index in [1.807, 2.05) is 0 Å². The third-order valence-electron chi connectivity index (χ3n) is 12.3. The number of amides is 1. The molecule has 59 heavy (non-hydrogen) atoms. The molecule has 0 bridgehead atoms. The van der Waals surface area contributed by atoms with Gasteiger partial charge in [-0.15, -0.1) is 0 Å². The van der Waals surface area contributed by atoms with Crippen LogP contribution >= 0.6 is 0 Å². The number of carbonyl (C=O) groups excluding carboxylic acids is 2. The Bertz CT molecular complexity index is 893. The Morgan fingerprint density at radius 3 is 1.20 bits per heavy atom. The van der Waals surface area contributed by atoms with E-state index in [1.165, 1.54) is 193 Å². The first-order valence-corrected chi connectivity index (χ1v) is 26.4. The van der Waals surface area contributed by atoms with Gasteiger partial charge in [-0.25, -0.2) is 0 Å². The molecule has 0 fully saturated rings. The number of esters is 1. The molecule has 0 spiro atoms. The first-order valence-electron chi connectivity index (χ1n) is 26.4. The first-order chi connectivity index (χ1) is 29.0. The van der Waals surface area contributed by atoms with Crippen molar-refractivity contribution in [3.63, 3.8) is 0 Å². The lowest BCUT2D eigenvalue weighted by molar-refractivity contribution is -0.151. The SMILES string of the molecule is CCCCCCCC/C=C/CCCCCCCCCC(CC(=O)NC(CO)C(O)CCCCCCCCCCCCC)OC(=O)CCCCCCCCCCCCCC. The highest BCUT2D eigenvalue weighted by Gasteiger charge is 2.24. The van der Waals surface area contributed by atoms with Crippen LogP contribution in [0.5, 0.6) is 0 Å². The predicted octanol–water partition coefficient (Wildman–Crippen LogP) is 15.7. The van der Waals surface area contributed by atoms with Crippen molar-refractivity contribution in [2.75, 3.05) is 6.61 Å². The lowest BCUT2D eigenvalue weighted by atomic mass is 10.0. The van der Waals surface area contributed by atoms with Gasteiger partial charge in [0, 0.05) is 6.42 Å². The van der Waals surface area contributed by atoms with Gasteiger partial charge >= 0.3 is 5.97 Å². The number of nitrogens with one attached hydrogen (secondary N) is 1. The molecule has 1 amide bonds. The number of aliphatic hydroxyl groups excluding tert-OH is 2. The summed E-state index contributed by atoms with van der Waals surface area (Å²) in [5, 5.41) is 23.7. The molecule has 0 aromatic carbocycles. The Morgan fingerprint density at radius 2 is 0.814 bits per heavy atom. The fourth-order valence-electron chi connectivity index (χ4n) is 8.31. The quantitative estimate of drug-likeness (QED) is 0.0322. The Morgan fingerprint density at radius 1 is 0.475 bits per heavy atom. The molecule has 6 heteroatoms. The number of hydrogen-bond donors (Lipinski definition) is 3. The average Bonchev–Trinajstić information content (AvgIpc) is 3.23.